The Morgan fingerprint density at radius 2 is 1.29 bits per heavy atom. The Morgan fingerprint density at radius 3 is 2.21 bits per heavy atom. The summed E-state index contributed by atoms with van der Waals surface area (Å²) in [7, 11) is 0. The maximum atomic E-state index is 2.42. The molecule has 0 spiro atoms. The van der Waals surface area contributed by atoms with Crippen LogP contribution in [0.25, 0.3) is 81.0 Å². The van der Waals surface area contributed by atoms with E-state index in [4.69, 9.17) is 0 Å². The van der Waals surface area contributed by atoms with Crippen molar-refractivity contribution >= 4 is 54.0 Å². The highest BCUT2D eigenvalue weighted by atomic mass is 32.1. The Bertz CT molecular complexity index is 2230. The van der Waals surface area contributed by atoms with Crippen molar-refractivity contribution < 1.29 is 0 Å². The van der Waals surface area contributed by atoms with Gasteiger partial charge in [-0.2, -0.15) is 0 Å². The molecule has 176 valence electrons. The van der Waals surface area contributed by atoms with E-state index < -0.39 is 0 Å². The molecule has 0 bridgehead atoms. The molecule has 0 aliphatic heterocycles. The second-order valence-corrected chi connectivity index (χ2v) is 11.2. The summed E-state index contributed by atoms with van der Waals surface area (Å²) in [4.78, 5) is 1.41. The highest BCUT2D eigenvalue weighted by Crippen LogP contribution is 2.55. The van der Waals surface area contributed by atoms with Gasteiger partial charge in [0.25, 0.3) is 0 Å². The van der Waals surface area contributed by atoms with Crippen molar-refractivity contribution in [2.45, 2.75) is 0 Å². The molecular weight excluding hydrogens is 478 g/mol. The zero-order chi connectivity index (χ0) is 24.8. The molecular formula is C36H21NS. The largest absolute Gasteiger partial charge is 0.309 e. The average Bonchev–Trinajstić information content (AvgIpc) is 3.62. The van der Waals surface area contributed by atoms with Crippen molar-refractivity contribution in [1.82, 2.24) is 4.57 Å². The SMILES string of the molecule is c1ccc(-n2c3ccccc3c3cc(-c4cc5c6c(cccc6c4)-c4sc6ccccc6c4-5)ccc32)cc1. The van der Waals surface area contributed by atoms with Gasteiger partial charge in [0, 0.05) is 42.6 Å². The predicted molar refractivity (Wildman–Crippen MR) is 164 cm³/mol. The van der Waals surface area contributed by atoms with Crippen LogP contribution in [0.3, 0.4) is 0 Å². The number of rotatable bonds is 2. The first-order valence-corrected chi connectivity index (χ1v) is 13.8. The Labute approximate surface area is 223 Å². The van der Waals surface area contributed by atoms with E-state index in [9.17, 15) is 0 Å². The molecule has 0 saturated heterocycles. The molecule has 2 heterocycles. The van der Waals surface area contributed by atoms with E-state index in [1.54, 1.807) is 0 Å². The fourth-order valence-electron chi connectivity index (χ4n) is 6.49. The average molecular weight is 500 g/mol. The van der Waals surface area contributed by atoms with Gasteiger partial charge in [0.15, 0.2) is 0 Å². The number of nitrogens with zero attached hydrogens (tertiary/aromatic N) is 1. The number of thiophene rings is 1. The van der Waals surface area contributed by atoms with Gasteiger partial charge < -0.3 is 4.57 Å². The highest BCUT2D eigenvalue weighted by Gasteiger charge is 2.26. The lowest BCUT2D eigenvalue weighted by Crippen LogP contribution is -1.92. The highest BCUT2D eigenvalue weighted by molar-refractivity contribution is 7.23. The van der Waals surface area contributed by atoms with Crippen molar-refractivity contribution in [3.8, 4) is 38.4 Å². The minimum atomic E-state index is 1.19. The summed E-state index contributed by atoms with van der Waals surface area (Å²) in [5.41, 5.74) is 10.3. The molecule has 1 aliphatic rings. The molecule has 9 rings (SSSR count). The summed E-state index contributed by atoms with van der Waals surface area (Å²) >= 11 is 1.92. The van der Waals surface area contributed by atoms with Crippen LogP contribution in [0.2, 0.25) is 0 Å². The number of aromatic nitrogens is 1. The van der Waals surface area contributed by atoms with Gasteiger partial charge in [-0.05, 0) is 76.0 Å². The fourth-order valence-corrected chi connectivity index (χ4v) is 7.74. The van der Waals surface area contributed by atoms with E-state index in [1.165, 1.54) is 81.0 Å². The van der Waals surface area contributed by atoms with Crippen LogP contribution in [0, 0.1) is 0 Å². The van der Waals surface area contributed by atoms with Gasteiger partial charge in [-0.25, -0.2) is 0 Å². The lowest BCUT2D eigenvalue weighted by Gasteiger charge is -2.10. The van der Waals surface area contributed by atoms with Crippen LogP contribution in [-0.2, 0) is 0 Å². The molecule has 0 saturated carbocycles. The third kappa shape index (κ3) is 2.65. The minimum Gasteiger partial charge on any atom is -0.309 e. The monoisotopic (exact) mass is 499 g/mol. The number of para-hydroxylation sites is 2. The molecule has 6 aromatic carbocycles. The van der Waals surface area contributed by atoms with Crippen LogP contribution >= 0.6 is 11.3 Å². The first-order valence-electron chi connectivity index (χ1n) is 13.0. The Morgan fingerprint density at radius 1 is 0.500 bits per heavy atom. The van der Waals surface area contributed by atoms with Gasteiger partial charge in [0.05, 0.1) is 11.0 Å². The molecule has 0 unspecified atom stereocenters. The van der Waals surface area contributed by atoms with Gasteiger partial charge in [-0.1, -0.05) is 78.9 Å². The second-order valence-electron chi connectivity index (χ2n) is 10.1. The summed E-state index contributed by atoms with van der Waals surface area (Å²) < 4.78 is 3.74. The summed E-state index contributed by atoms with van der Waals surface area (Å²) in [5.74, 6) is 0. The molecule has 1 nitrogen and oxygen atoms in total. The zero-order valence-corrected chi connectivity index (χ0v) is 21.3. The number of hydrogen-bond donors (Lipinski definition) is 0. The maximum Gasteiger partial charge on any atom is 0.0541 e. The van der Waals surface area contributed by atoms with Crippen LogP contribution in [0.4, 0.5) is 0 Å². The van der Waals surface area contributed by atoms with Crippen LogP contribution in [-0.4, -0.2) is 4.57 Å². The van der Waals surface area contributed by atoms with Crippen molar-refractivity contribution in [2.75, 3.05) is 0 Å². The van der Waals surface area contributed by atoms with E-state index in [2.05, 4.69) is 132 Å². The molecule has 0 N–H and O–H groups in total. The summed E-state index contributed by atoms with van der Waals surface area (Å²) in [5, 5.41) is 6.64. The van der Waals surface area contributed by atoms with Gasteiger partial charge in [-0.3, -0.25) is 0 Å². The van der Waals surface area contributed by atoms with Crippen molar-refractivity contribution in [2.24, 2.45) is 0 Å². The van der Waals surface area contributed by atoms with E-state index in [0.29, 0.717) is 0 Å². The van der Waals surface area contributed by atoms with Crippen molar-refractivity contribution in [1.29, 1.82) is 0 Å². The zero-order valence-electron chi connectivity index (χ0n) is 20.5. The van der Waals surface area contributed by atoms with E-state index in [0.717, 1.165) is 0 Å². The Kier molecular flexibility index (Phi) is 3.99. The molecule has 2 aromatic heterocycles. The van der Waals surface area contributed by atoms with Crippen LogP contribution in [0.15, 0.2) is 127 Å². The van der Waals surface area contributed by atoms with E-state index in [1.807, 2.05) is 11.3 Å². The molecule has 1 aliphatic carbocycles. The van der Waals surface area contributed by atoms with Crippen molar-refractivity contribution in [3.63, 3.8) is 0 Å². The molecule has 0 atom stereocenters. The van der Waals surface area contributed by atoms with Crippen LogP contribution in [0.5, 0.6) is 0 Å². The standard InChI is InChI=1S/C36H21NS/c1-2-10-25(11-3-1)37-31-15-6-4-12-26(31)29-20-22(17-18-32(29)37)24-19-23-9-8-14-28-34(23)30(21-24)35-27-13-5-7-16-33(27)38-36(28)35/h1-21H. The Balaban J connectivity index is 1.32. The Hall–Kier alpha value is -4.66. The third-order valence-corrected chi connectivity index (χ3v) is 9.31. The van der Waals surface area contributed by atoms with Gasteiger partial charge in [0.1, 0.15) is 0 Å². The summed E-state index contributed by atoms with van der Waals surface area (Å²) in [6.07, 6.45) is 0. The number of benzene rings is 6. The second kappa shape index (κ2) is 7.44. The number of fused-ring (bicyclic) bond motifs is 8. The fraction of sp³-hybridized carbons (Fsp3) is 0. The van der Waals surface area contributed by atoms with Crippen LogP contribution in [0.1, 0.15) is 0 Å². The normalized spacial score (nSPS) is 12.2. The molecule has 0 fully saturated rings. The molecule has 0 amide bonds. The quantitative estimate of drug-likeness (QED) is 0.223. The van der Waals surface area contributed by atoms with Gasteiger partial charge in [0.2, 0.25) is 0 Å². The van der Waals surface area contributed by atoms with E-state index >= 15 is 0 Å². The first-order chi connectivity index (χ1) is 18.8. The third-order valence-electron chi connectivity index (χ3n) is 8.11. The topological polar surface area (TPSA) is 4.93 Å². The lowest BCUT2D eigenvalue weighted by atomic mass is 9.94. The van der Waals surface area contributed by atoms with E-state index in [-0.39, 0.29) is 0 Å². The molecule has 8 aromatic rings. The van der Waals surface area contributed by atoms with Crippen LogP contribution < -0.4 is 0 Å². The molecule has 2 heteroatoms. The van der Waals surface area contributed by atoms with Gasteiger partial charge in [-0.15, -0.1) is 11.3 Å². The van der Waals surface area contributed by atoms with Crippen molar-refractivity contribution in [3.05, 3.63) is 127 Å². The molecule has 0 radical (unpaired) electrons. The van der Waals surface area contributed by atoms with Gasteiger partial charge >= 0.3 is 0 Å². The summed E-state index contributed by atoms with van der Waals surface area (Å²) in [6, 6.07) is 46.8. The lowest BCUT2D eigenvalue weighted by molar-refractivity contribution is 1.18. The first kappa shape index (κ1) is 20.4. The number of hydrogen-bond acceptors (Lipinski definition) is 1. The summed E-state index contributed by atoms with van der Waals surface area (Å²) in [6.45, 7) is 0. The smallest absolute Gasteiger partial charge is 0.0541 e. The predicted octanol–water partition coefficient (Wildman–Crippen LogP) is 10.5. The maximum absolute atomic E-state index is 2.42. The minimum absolute atomic E-state index is 1.19. The molecule has 38 heavy (non-hydrogen) atoms.